The minimum Gasteiger partial charge on any atom is -0.349 e. The number of aromatic amines is 1. The average molecular weight is 362 g/mol. The lowest BCUT2D eigenvalue weighted by Crippen LogP contribution is -2.46. The van der Waals surface area contributed by atoms with Crippen molar-refractivity contribution in [2.75, 3.05) is 13.1 Å². The van der Waals surface area contributed by atoms with Gasteiger partial charge in [0.15, 0.2) is 0 Å². The summed E-state index contributed by atoms with van der Waals surface area (Å²) in [7, 11) is 0. The molecule has 1 saturated heterocycles. The van der Waals surface area contributed by atoms with E-state index in [1.54, 1.807) is 12.4 Å². The summed E-state index contributed by atoms with van der Waals surface area (Å²) in [4.78, 5) is 34.2. The zero-order valence-electron chi connectivity index (χ0n) is 15.2. The number of likely N-dealkylation sites (tertiary alicyclic amines) is 1. The Balaban J connectivity index is 1.35. The highest BCUT2D eigenvalue weighted by atomic mass is 16.2. The molecule has 0 bridgehead atoms. The number of imidazole rings is 1. The summed E-state index contributed by atoms with van der Waals surface area (Å²) in [6.07, 6.45) is 3.14. The van der Waals surface area contributed by atoms with Gasteiger partial charge in [0.1, 0.15) is 0 Å². The van der Waals surface area contributed by atoms with Crippen molar-refractivity contribution in [3.05, 3.63) is 65.5 Å². The fourth-order valence-electron chi connectivity index (χ4n) is 3.53. The number of hydrogen-bond acceptors (Lipinski definition) is 3. The Morgan fingerprint density at radius 2 is 1.93 bits per heavy atom. The van der Waals surface area contributed by atoms with E-state index in [0.717, 1.165) is 35.0 Å². The topological polar surface area (TPSA) is 78.1 Å². The normalized spacial score (nSPS) is 15.1. The fourth-order valence-corrected chi connectivity index (χ4v) is 3.53. The Bertz CT molecular complexity index is 987. The summed E-state index contributed by atoms with van der Waals surface area (Å²) in [6.45, 7) is 3.29. The van der Waals surface area contributed by atoms with Crippen molar-refractivity contribution in [1.82, 2.24) is 20.2 Å². The zero-order chi connectivity index (χ0) is 18.8. The highest BCUT2D eigenvalue weighted by Gasteiger charge is 2.25. The van der Waals surface area contributed by atoms with E-state index in [1.807, 2.05) is 48.2 Å². The molecular formula is C21H22N4O2. The summed E-state index contributed by atoms with van der Waals surface area (Å²) in [5.41, 5.74) is 4.11. The highest BCUT2D eigenvalue weighted by molar-refractivity contribution is 5.97. The number of nitrogens with one attached hydrogen (secondary N) is 2. The monoisotopic (exact) mass is 362 g/mol. The molecule has 138 valence electrons. The van der Waals surface area contributed by atoms with Crippen molar-refractivity contribution in [2.45, 2.75) is 25.8 Å². The molecule has 4 rings (SSSR count). The van der Waals surface area contributed by atoms with Crippen LogP contribution in [0.4, 0.5) is 0 Å². The number of aromatic nitrogens is 2. The number of fused-ring (bicyclic) bond motifs is 1. The fraction of sp³-hybridized carbons (Fsp3) is 0.286. The second kappa shape index (κ2) is 7.23. The molecule has 0 unspecified atom stereocenters. The van der Waals surface area contributed by atoms with Crippen molar-refractivity contribution < 1.29 is 9.59 Å². The van der Waals surface area contributed by atoms with Crippen LogP contribution in [0.1, 0.15) is 39.1 Å². The summed E-state index contributed by atoms with van der Waals surface area (Å²) in [5.74, 6) is -0.0249. The molecule has 1 fully saturated rings. The zero-order valence-corrected chi connectivity index (χ0v) is 15.2. The van der Waals surface area contributed by atoms with Crippen LogP contribution in [-0.4, -0.2) is 45.8 Å². The Hall–Kier alpha value is -3.15. The van der Waals surface area contributed by atoms with E-state index in [4.69, 9.17) is 0 Å². The summed E-state index contributed by atoms with van der Waals surface area (Å²) >= 11 is 0. The molecule has 1 aromatic heterocycles. The minimum atomic E-state index is -0.0880. The number of hydrogen-bond donors (Lipinski definition) is 2. The number of H-pyrrole nitrogens is 1. The van der Waals surface area contributed by atoms with Crippen LogP contribution in [0.3, 0.4) is 0 Å². The predicted molar refractivity (Wildman–Crippen MR) is 104 cm³/mol. The van der Waals surface area contributed by atoms with Crippen LogP contribution in [0.5, 0.6) is 0 Å². The van der Waals surface area contributed by atoms with E-state index >= 15 is 0 Å². The van der Waals surface area contributed by atoms with Gasteiger partial charge in [0.05, 0.1) is 17.4 Å². The van der Waals surface area contributed by atoms with Gasteiger partial charge in [0.25, 0.3) is 11.8 Å². The minimum absolute atomic E-state index is 0.0631. The molecule has 0 radical (unpaired) electrons. The second-order valence-corrected chi connectivity index (χ2v) is 7.04. The number of carbonyl (C=O) groups is 2. The van der Waals surface area contributed by atoms with E-state index in [1.165, 1.54) is 0 Å². The molecule has 2 heterocycles. The number of piperidine rings is 1. The van der Waals surface area contributed by atoms with Gasteiger partial charge < -0.3 is 15.2 Å². The number of amides is 2. The molecule has 0 atom stereocenters. The Kier molecular flexibility index (Phi) is 4.62. The van der Waals surface area contributed by atoms with Gasteiger partial charge in [-0.15, -0.1) is 0 Å². The Labute approximate surface area is 157 Å². The first-order chi connectivity index (χ1) is 13.1. The van der Waals surface area contributed by atoms with E-state index in [2.05, 4.69) is 15.3 Å². The molecule has 2 amide bonds. The van der Waals surface area contributed by atoms with Crippen LogP contribution in [0, 0.1) is 6.92 Å². The van der Waals surface area contributed by atoms with Gasteiger partial charge in [-0.3, -0.25) is 9.59 Å². The highest BCUT2D eigenvalue weighted by Crippen LogP contribution is 2.16. The Morgan fingerprint density at radius 1 is 1.11 bits per heavy atom. The first-order valence-electron chi connectivity index (χ1n) is 9.20. The van der Waals surface area contributed by atoms with Crippen molar-refractivity contribution in [2.24, 2.45) is 0 Å². The Morgan fingerprint density at radius 3 is 2.70 bits per heavy atom. The van der Waals surface area contributed by atoms with Crippen molar-refractivity contribution in [1.29, 1.82) is 0 Å². The van der Waals surface area contributed by atoms with Crippen LogP contribution in [0.2, 0.25) is 0 Å². The van der Waals surface area contributed by atoms with E-state index in [9.17, 15) is 9.59 Å². The van der Waals surface area contributed by atoms with Crippen LogP contribution in [0.25, 0.3) is 11.0 Å². The van der Waals surface area contributed by atoms with Crippen LogP contribution < -0.4 is 5.32 Å². The predicted octanol–water partition coefficient (Wildman–Crippen LogP) is 2.91. The molecule has 0 spiro atoms. The van der Waals surface area contributed by atoms with E-state index in [-0.39, 0.29) is 17.9 Å². The van der Waals surface area contributed by atoms with Gasteiger partial charge in [-0.05, 0) is 50.1 Å². The molecule has 0 saturated carbocycles. The van der Waals surface area contributed by atoms with E-state index < -0.39 is 0 Å². The quantitative estimate of drug-likeness (QED) is 0.752. The van der Waals surface area contributed by atoms with Crippen molar-refractivity contribution >= 4 is 22.8 Å². The van der Waals surface area contributed by atoms with Gasteiger partial charge >= 0.3 is 0 Å². The average Bonchev–Trinajstić information content (AvgIpc) is 3.16. The van der Waals surface area contributed by atoms with Crippen molar-refractivity contribution in [3.63, 3.8) is 0 Å². The summed E-state index contributed by atoms with van der Waals surface area (Å²) in [5, 5.41) is 3.09. The third-order valence-electron chi connectivity index (χ3n) is 5.06. The number of rotatable bonds is 3. The third-order valence-corrected chi connectivity index (χ3v) is 5.06. The maximum Gasteiger partial charge on any atom is 0.253 e. The number of benzene rings is 2. The third kappa shape index (κ3) is 3.69. The molecule has 1 aliphatic rings. The van der Waals surface area contributed by atoms with Gasteiger partial charge in [0, 0.05) is 30.3 Å². The molecule has 6 nitrogen and oxygen atoms in total. The molecule has 27 heavy (non-hydrogen) atoms. The van der Waals surface area contributed by atoms with Gasteiger partial charge in [-0.2, -0.15) is 0 Å². The summed E-state index contributed by atoms with van der Waals surface area (Å²) < 4.78 is 0. The maximum atomic E-state index is 12.6. The van der Waals surface area contributed by atoms with E-state index in [0.29, 0.717) is 18.7 Å². The van der Waals surface area contributed by atoms with Crippen molar-refractivity contribution in [3.8, 4) is 0 Å². The first-order valence-corrected chi connectivity index (χ1v) is 9.20. The number of nitrogens with zero attached hydrogens (tertiary/aromatic N) is 2. The first kappa shape index (κ1) is 17.3. The van der Waals surface area contributed by atoms with Crippen LogP contribution in [-0.2, 0) is 0 Å². The number of aryl methyl sites for hydroxylation is 1. The molecular weight excluding hydrogens is 340 g/mol. The smallest absolute Gasteiger partial charge is 0.253 e. The molecule has 1 aliphatic heterocycles. The molecule has 2 aromatic carbocycles. The molecule has 6 heteroatoms. The lowest BCUT2D eigenvalue weighted by atomic mass is 10.0. The SMILES string of the molecule is Cc1cccc(C(=O)N2CCC(NC(=O)c3ccc4nc[nH]c4c3)CC2)c1. The van der Waals surface area contributed by atoms with Gasteiger partial charge in [0.2, 0.25) is 0 Å². The molecule has 3 aromatic rings. The lowest BCUT2D eigenvalue weighted by molar-refractivity contribution is 0.0698. The molecule has 0 aliphatic carbocycles. The van der Waals surface area contributed by atoms with Gasteiger partial charge in [-0.25, -0.2) is 4.98 Å². The standard InChI is InChI=1S/C21H22N4O2/c1-14-3-2-4-16(11-14)21(27)25-9-7-17(8-10-25)24-20(26)15-5-6-18-19(12-15)23-13-22-18/h2-6,11-13,17H,7-10H2,1H3,(H,22,23)(H,24,26). The lowest BCUT2D eigenvalue weighted by Gasteiger charge is -2.32. The largest absolute Gasteiger partial charge is 0.349 e. The van der Waals surface area contributed by atoms with Crippen LogP contribution >= 0.6 is 0 Å². The second-order valence-electron chi connectivity index (χ2n) is 7.04. The molecule has 2 N–H and O–H groups in total. The maximum absolute atomic E-state index is 12.6. The number of carbonyl (C=O) groups excluding carboxylic acids is 2. The van der Waals surface area contributed by atoms with Gasteiger partial charge in [-0.1, -0.05) is 17.7 Å². The van der Waals surface area contributed by atoms with Crippen LogP contribution in [0.15, 0.2) is 48.8 Å². The summed E-state index contributed by atoms with van der Waals surface area (Å²) in [6, 6.07) is 13.2.